The van der Waals surface area contributed by atoms with E-state index in [1.165, 1.54) is 12.8 Å². The highest BCUT2D eigenvalue weighted by Gasteiger charge is 2.31. The molecule has 1 saturated carbocycles. The Morgan fingerprint density at radius 2 is 1.94 bits per heavy atom. The lowest BCUT2D eigenvalue weighted by atomic mass is 9.99. The predicted molar refractivity (Wildman–Crippen MR) is 63.6 cm³/mol. The fourth-order valence-corrected chi connectivity index (χ4v) is 2.24. The molecule has 0 saturated heterocycles. The number of methoxy groups -OCH3 is 1. The zero-order chi connectivity index (χ0) is 11.7. The number of ether oxygens (including phenoxy) is 2. The Labute approximate surface area is 98.3 Å². The molecule has 0 heterocycles. The van der Waals surface area contributed by atoms with Gasteiger partial charge >= 0.3 is 0 Å². The van der Waals surface area contributed by atoms with Gasteiger partial charge in [0.1, 0.15) is 0 Å². The molecular formula is C12H25NO3. The quantitative estimate of drug-likeness (QED) is 0.580. The minimum Gasteiger partial charge on any atom is -0.394 e. The maximum Gasteiger partial charge on any atom is 0.0613 e. The summed E-state index contributed by atoms with van der Waals surface area (Å²) < 4.78 is 10.4. The minimum absolute atomic E-state index is 0.0180. The average Bonchev–Trinajstić information content (AvgIpc) is 2.77. The highest BCUT2D eigenvalue weighted by Crippen LogP contribution is 2.28. The SMILES string of the molecule is COCCCOCCNC1(CO)CCCC1. The summed E-state index contributed by atoms with van der Waals surface area (Å²) in [7, 11) is 1.70. The molecule has 0 aromatic heterocycles. The van der Waals surface area contributed by atoms with Crippen LogP contribution >= 0.6 is 0 Å². The molecule has 16 heavy (non-hydrogen) atoms. The molecule has 4 heteroatoms. The standard InChI is InChI=1S/C12H25NO3/c1-15-8-4-9-16-10-7-13-12(11-14)5-2-3-6-12/h13-14H,2-11H2,1H3. The maximum atomic E-state index is 9.37. The zero-order valence-corrected chi connectivity index (χ0v) is 10.3. The fourth-order valence-electron chi connectivity index (χ4n) is 2.24. The van der Waals surface area contributed by atoms with Crippen molar-refractivity contribution in [2.75, 3.05) is 40.1 Å². The second-order valence-corrected chi connectivity index (χ2v) is 4.53. The first kappa shape index (κ1) is 13.9. The van der Waals surface area contributed by atoms with Crippen LogP contribution in [-0.2, 0) is 9.47 Å². The largest absolute Gasteiger partial charge is 0.394 e. The van der Waals surface area contributed by atoms with Gasteiger partial charge < -0.3 is 19.9 Å². The molecule has 0 unspecified atom stereocenters. The van der Waals surface area contributed by atoms with Crippen molar-refractivity contribution in [1.29, 1.82) is 0 Å². The first-order valence-electron chi connectivity index (χ1n) is 6.25. The van der Waals surface area contributed by atoms with Gasteiger partial charge in [-0.3, -0.25) is 0 Å². The number of aliphatic hydroxyl groups is 1. The van der Waals surface area contributed by atoms with Crippen LogP contribution in [0.2, 0.25) is 0 Å². The van der Waals surface area contributed by atoms with Gasteiger partial charge in [-0.1, -0.05) is 12.8 Å². The number of nitrogens with one attached hydrogen (secondary N) is 1. The van der Waals surface area contributed by atoms with Crippen molar-refractivity contribution in [2.45, 2.75) is 37.6 Å². The zero-order valence-electron chi connectivity index (χ0n) is 10.3. The predicted octanol–water partition coefficient (Wildman–Crippen LogP) is 0.934. The summed E-state index contributed by atoms with van der Waals surface area (Å²) in [4.78, 5) is 0. The molecule has 96 valence electrons. The minimum atomic E-state index is -0.0180. The van der Waals surface area contributed by atoms with Crippen LogP contribution in [-0.4, -0.2) is 50.7 Å². The monoisotopic (exact) mass is 231 g/mol. The van der Waals surface area contributed by atoms with Crippen molar-refractivity contribution in [3.05, 3.63) is 0 Å². The number of hydrogen-bond donors (Lipinski definition) is 2. The van der Waals surface area contributed by atoms with Gasteiger partial charge in [-0.25, -0.2) is 0 Å². The molecular weight excluding hydrogens is 206 g/mol. The molecule has 1 fully saturated rings. The molecule has 2 N–H and O–H groups in total. The lowest BCUT2D eigenvalue weighted by Gasteiger charge is -2.28. The Kier molecular flexibility index (Phi) is 6.96. The highest BCUT2D eigenvalue weighted by atomic mass is 16.5. The van der Waals surface area contributed by atoms with E-state index in [0.717, 1.165) is 39.0 Å². The normalized spacial score (nSPS) is 19.1. The Hall–Kier alpha value is -0.160. The van der Waals surface area contributed by atoms with Gasteiger partial charge in [0.25, 0.3) is 0 Å². The highest BCUT2D eigenvalue weighted by molar-refractivity contribution is 4.91. The Balaban J connectivity index is 1.97. The van der Waals surface area contributed by atoms with Crippen molar-refractivity contribution in [3.63, 3.8) is 0 Å². The average molecular weight is 231 g/mol. The lowest BCUT2D eigenvalue weighted by Crippen LogP contribution is -2.47. The van der Waals surface area contributed by atoms with Crippen LogP contribution in [0.5, 0.6) is 0 Å². The second kappa shape index (κ2) is 8.01. The smallest absolute Gasteiger partial charge is 0.0613 e. The molecule has 0 atom stereocenters. The van der Waals surface area contributed by atoms with Crippen LogP contribution in [0.25, 0.3) is 0 Å². The molecule has 4 nitrogen and oxygen atoms in total. The molecule has 0 radical (unpaired) electrons. The summed E-state index contributed by atoms with van der Waals surface area (Å²) in [6, 6.07) is 0. The summed E-state index contributed by atoms with van der Waals surface area (Å²) in [6.07, 6.45) is 5.58. The van der Waals surface area contributed by atoms with Crippen LogP contribution in [0.4, 0.5) is 0 Å². The van der Waals surface area contributed by atoms with Crippen LogP contribution in [0, 0.1) is 0 Å². The van der Waals surface area contributed by atoms with Gasteiger partial charge in [-0.15, -0.1) is 0 Å². The van der Waals surface area contributed by atoms with Gasteiger partial charge in [0.15, 0.2) is 0 Å². The first-order valence-corrected chi connectivity index (χ1v) is 6.25. The summed E-state index contributed by atoms with van der Waals surface area (Å²) >= 11 is 0. The van der Waals surface area contributed by atoms with E-state index < -0.39 is 0 Å². The van der Waals surface area contributed by atoms with Crippen LogP contribution in [0.3, 0.4) is 0 Å². The van der Waals surface area contributed by atoms with Gasteiger partial charge in [-0.05, 0) is 19.3 Å². The Morgan fingerprint density at radius 1 is 1.19 bits per heavy atom. The molecule has 1 rings (SSSR count). The van der Waals surface area contributed by atoms with Crippen molar-refractivity contribution in [1.82, 2.24) is 5.32 Å². The molecule has 0 aliphatic heterocycles. The molecule has 0 bridgehead atoms. The van der Waals surface area contributed by atoms with Gasteiger partial charge in [-0.2, -0.15) is 0 Å². The van der Waals surface area contributed by atoms with E-state index in [0.29, 0.717) is 6.61 Å². The second-order valence-electron chi connectivity index (χ2n) is 4.53. The van der Waals surface area contributed by atoms with Crippen molar-refractivity contribution in [2.24, 2.45) is 0 Å². The summed E-state index contributed by atoms with van der Waals surface area (Å²) in [6.45, 7) is 3.30. The summed E-state index contributed by atoms with van der Waals surface area (Å²) in [5, 5.41) is 12.8. The van der Waals surface area contributed by atoms with E-state index in [1.54, 1.807) is 7.11 Å². The summed E-state index contributed by atoms with van der Waals surface area (Å²) in [5.74, 6) is 0. The lowest BCUT2D eigenvalue weighted by molar-refractivity contribution is 0.0927. The van der Waals surface area contributed by atoms with Crippen LogP contribution in [0.15, 0.2) is 0 Å². The maximum absolute atomic E-state index is 9.37. The van der Waals surface area contributed by atoms with E-state index in [9.17, 15) is 5.11 Å². The number of aliphatic hydroxyl groups excluding tert-OH is 1. The van der Waals surface area contributed by atoms with E-state index in [-0.39, 0.29) is 12.1 Å². The Morgan fingerprint density at radius 3 is 2.56 bits per heavy atom. The number of rotatable bonds is 9. The summed E-state index contributed by atoms with van der Waals surface area (Å²) in [5.41, 5.74) is -0.0180. The molecule has 0 aromatic carbocycles. The van der Waals surface area contributed by atoms with E-state index >= 15 is 0 Å². The van der Waals surface area contributed by atoms with Crippen molar-refractivity contribution < 1.29 is 14.6 Å². The topological polar surface area (TPSA) is 50.7 Å². The van der Waals surface area contributed by atoms with Gasteiger partial charge in [0.2, 0.25) is 0 Å². The number of hydrogen-bond acceptors (Lipinski definition) is 4. The molecule has 1 aliphatic rings. The van der Waals surface area contributed by atoms with Crippen LogP contribution < -0.4 is 5.32 Å². The van der Waals surface area contributed by atoms with E-state index in [1.807, 2.05) is 0 Å². The molecule has 0 amide bonds. The Bertz CT molecular complexity index is 170. The first-order chi connectivity index (χ1) is 7.83. The van der Waals surface area contributed by atoms with Crippen LogP contribution in [0.1, 0.15) is 32.1 Å². The fraction of sp³-hybridized carbons (Fsp3) is 1.00. The molecule has 0 spiro atoms. The molecule has 1 aliphatic carbocycles. The van der Waals surface area contributed by atoms with Crippen molar-refractivity contribution >= 4 is 0 Å². The third kappa shape index (κ3) is 4.78. The van der Waals surface area contributed by atoms with E-state index in [2.05, 4.69) is 5.32 Å². The third-order valence-electron chi connectivity index (χ3n) is 3.25. The third-order valence-corrected chi connectivity index (χ3v) is 3.25. The van der Waals surface area contributed by atoms with E-state index in [4.69, 9.17) is 9.47 Å². The van der Waals surface area contributed by atoms with Gasteiger partial charge in [0, 0.05) is 32.4 Å². The van der Waals surface area contributed by atoms with Gasteiger partial charge in [0.05, 0.1) is 13.2 Å². The van der Waals surface area contributed by atoms with Crippen molar-refractivity contribution in [3.8, 4) is 0 Å². The molecule has 0 aromatic rings.